The molecule has 1 heteroatoms. The molecule has 31 heavy (non-hydrogen) atoms. The first kappa shape index (κ1) is 24.8. The van der Waals surface area contributed by atoms with Gasteiger partial charge in [0.2, 0.25) is 0 Å². The van der Waals surface area contributed by atoms with Crippen LogP contribution in [0.5, 0.6) is 0 Å². The van der Waals surface area contributed by atoms with E-state index in [9.17, 15) is 0 Å². The summed E-state index contributed by atoms with van der Waals surface area (Å²) >= 11 is 0. The van der Waals surface area contributed by atoms with Crippen LogP contribution in [0.25, 0.3) is 0 Å². The van der Waals surface area contributed by atoms with Crippen LogP contribution in [-0.4, -0.2) is 0 Å². The highest BCUT2D eigenvalue weighted by atomic mass is 16.5. The van der Waals surface area contributed by atoms with Crippen molar-refractivity contribution >= 4 is 0 Å². The SMILES string of the molecule is CC(C)(C#CO/C=C/C(C)(C)CC(C)(C)c1ccccc1)CC(C)(C)c1ccccc1. The van der Waals surface area contributed by atoms with Gasteiger partial charge in [-0.1, -0.05) is 108 Å². The normalized spacial score (nSPS) is 13.0. The summed E-state index contributed by atoms with van der Waals surface area (Å²) in [5.41, 5.74) is 2.71. The van der Waals surface area contributed by atoms with Crippen LogP contribution in [0.4, 0.5) is 0 Å². The van der Waals surface area contributed by atoms with Crippen LogP contribution >= 0.6 is 0 Å². The third-order valence-electron chi connectivity index (χ3n) is 5.93. The fraction of sp³-hybridized carbons (Fsp3) is 0.467. The summed E-state index contributed by atoms with van der Waals surface area (Å²) in [6, 6.07) is 21.4. The molecule has 0 aliphatic carbocycles. The molecule has 0 amide bonds. The minimum atomic E-state index is -0.141. The van der Waals surface area contributed by atoms with Crippen molar-refractivity contribution in [3.05, 3.63) is 84.1 Å². The van der Waals surface area contributed by atoms with Crippen molar-refractivity contribution in [2.24, 2.45) is 10.8 Å². The molecule has 0 atom stereocenters. The first-order valence-corrected chi connectivity index (χ1v) is 11.3. The lowest BCUT2D eigenvalue weighted by molar-refractivity contribution is 0.311. The molecule has 0 aliphatic rings. The molecule has 0 heterocycles. The summed E-state index contributed by atoms with van der Waals surface area (Å²) in [4.78, 5) is 0. The van der Waals surface area contributed by atoms with E-state index in [1.54, 1.807) is 6.26 Å². The number of hydrogen-bond acceptors (Lipinski definition) is 1. The maximum atomic E-state index is 5.60. The fourth-order valence-corrected chi connectivity index (χ4v) is 4.75. The van der Waals surface area contributed by atoms with Gasteiger partial charge in [-0.25, -0.2) is 0 Å². The Morgan fingerprint density at radius 2 is 1.13 bits per heavy atom. The summed E-state index contributed by atoms with van der Waals surface area (Å²) < 4.78 is 5.60. The summed E-state index contributed by atoms with van der Waals surface area (Å²) in [5, 5.41) is 0. The Labute approximate surface area is 190 Å². The quantitative estimate of drug-likeness (QED) is 0.311. The molecule has 0 aromatic heterocycles. The topological polar surface area (TPSA) is 9.23 Å². The molecule has 0 N–H and O–H groups in total. The smallest absolute Gasteiger partial charge is 0.116 e. The molecule has 0 aliphatic heterocycles. The molecule has 0 radical (unpaired) electrons. The Hall–Kier alpha value is -2.46. The Bertz CT molecular complexity index is 903. The molecule has 0 unspecified atom stereocenters. The van der Waals surface area contributed by atoms with Crippen molar-refractivity contribution in [2.75, 3.05) is 0 Å². The highest BCUT2D eigenvalue weighted by molar-refractivity contribution is 5.26. The summed E-state index contributed by atoms with van der Waals surface area (Å²) in [5.74, 6) is 3.32. The monoisotopic (exact) mass is 416 g/mol. The first-order valence-electron chi connectivity index (χ1n) is 11.3. The molecule has 166 valence electrons. The van der Waals surface area contributed by atoms with E-state index in [-0.39, 0.29) is 21.7 Å². The Balaban J connectivity index is 1.96. The van der Waals surface area contributed by atoms with Crippen LogP contribution in [0.1, 0.15) is 79.4 Å². The van der Waals surface area contributed by atoms with E-state index in [1.165, 1.54) is 11.1 Å². The van der Waals surface area contributed by atoms with E-state index < -0.39 is 0 Å². The summed E-state index contributed by atoms with van der Waals surface area (Å²) in [6.45, 7) is 18.0. The zero-order valence-corrected chi connectivity index (χ0v) is 20.8. The lowest BCUT2D eigenvalue weighted by Gasteiger charge is -2.33. The second-order valence-corrected chi connectivity index (χ2v) is 11.4. The van der Waals surface area contributed by atoms with Gasteiger partial charge in [0, 0.05) is 5.41 Å². The predicted molar refractivity (Wildman–Crippen MR) is 134 cm³/mol. The van der Waals surface area contributed by atoms with Gasteiger partial charge in [0.05, 0.1) is 0 Å². The minimum absolute atomic E-state index is 0.00579. The van der Waals surface area contributed by atoms with Crippen molar-refractivity contribution in [1.82, 2.24) is 0 Å². The van der Waals surface area contributed by atoms with Crippen molar-refractivity contribution in [3.63, 3.8) is 0 Å². The molecule has 2 rings (SSSR count). The zero-order chi connectivity index (χ0) is 23.2. The molecule has 0 saturated heterocycles. The summed E-state index contributed by atoms with van der Waals surface area (Å²) in [6.07, 6.45) is 8.80. The lowest BCUT2D eigenvalue weighted by atomic mass is 9.71. The maximum Gasteiger partial charge on any atom is 0.116 e. The van der Waals surface area contributed by atoms with Crippen molar-refractivity contribution in [2.45, 2.75) is 79.1 Å². The van der Waals surface area contributed by atoms with Gasteiger partial charge in [-0.3, -0.25) is 0 Å². The summed E-state index contributed by atoms with van der Waals surface area (Å²) in [7, 11) is 0. The van der Waals surface area contributed by atoms with Crippen LogP contribution in [0.2, 0.25) is 0 Å². The van der Waals surface area contributed by atoms with E-state index in [0.29, 0.717) is 0 Å². The van der Waals surface area contributed by atoms with Gasteiger partial charge >= 0.3 is 0 Å². The maximum absolute atomic E-state index is 5.60. The Kier molecular flexibility index (Phi) is 7.82. The zero-order valence-electron chi connectivity index (χ0n) is 20.8. The van der Waals surface area contributed by atoms with Crippen LogP contribution in [0.3, 0.4) is 0 Å². The Morgan fingerprint density at radius 1 is 0.677 bits per heavy atom. The highest BCUT2D eigenvalue weighted by Gasteiger charge is 2.30. The number of benzene rings is 2. The average Bonchev–Trinajstić information content (AvgIpc) is 2.67. The largest absolute Gasteiger partial charge is 0.416 e. The third-order valence-corrected chi connectivity index (χ3v) is 5.93. The highest BCUT2D eigenvalue weighted by Crippen LogP contribution is 2.38. The van der Waals surface area contributed by atoms with E-state index in [0.717, 1.165) is 12.8 Å². The third kappa shape index (κ3) is 7.95. The van der Waals surface area contributed by atoms with Gasteiger partial charge in [0.1, 0.15) is 12.4 Å². The molecule has 2 aromatic rings. The van der Waals surface area contributed by atoms with Crippen LogP contribution in [0.15, 0.2) is 73.0 Å². The van der Waals surface area contributed by atoms with E-state index in [4.69, 9.17) is 4.74 Å². The van der Waals surface area contributed by atoms with Gasteiger partial charge in [0.15, 0.2) is 0 Å². The number of allylic oxidation sites excluding steroid dienone is 1. The van der Waals surface area contributed by atoms with Crippen molar-refractivity contribution < 1.29 is 4.74 Å². The van der Waals surface area contributed by atoms with E-state index in [1.807, 2.05) is 0 Å². The molecule has 0 bridgehead atoms. The molecule has 1 nitrogen and oxygen atoms in total. The van der Waals surface area contributed by atoms with Gasteiger partial charge in [-0.15, -0.1) is 0 Å². The molecule has 0 saturated carbocycles. The van der Waals surface area contributed by atoms with Gasteiger partial charge in [0.25, 0.3) is 0 Å². The number of ether oxygens (including phenoxy) is 1. The second-order valence-electron chi connectivity index (χ2n) is 11.4. The van der Waals surface area contributed by atoms with Crippen LogP contribution < -0.4 is 0 Å². The van der Waals surface area contributed by atoms with E-state index in [2.05, 4.69) is 134 Å². The fourth-order valence-electron chi connectivity index (χ4n) is 4.75. The van der Waals surface area contributed by atoms with Gasteiger partial charge in [-0.05, 0) is 60.1 Å². The predicted octanol–water partition coefficient (Wildman–Crippen LogP) is 8.27. The number of rotatable bonds is 8. The second kappa shape index (κ2) is 9.78. The van der Waals surface area contributed by atoms with Crippen LogP contribution in [0, 0.1) is 22.9 Å². The molecular weight excluding hydrogens is 376 g/mol. The Morgan fingerprint density at radius 3 is 1.61 bits per heavy atom. The molecule has 0 spiro atoms. The van der Waals surface area contributed by atoms with E-state index >= 15 is 0 Å². The lowest BCUT2D eigenvalue weighted by Crippen LogP contribution is -2.25. The van der Waals surface area contributed by atoms with Crippen molar-refractivity contribution in [1.29, 1.82) is 0 Å². The molecular formula is C30H40O. The first-order chi connectivity index (χ1) is 14.3. The molecule has 0 fully saturated rings. The molecule has 2 aromatic carbocycles. The number of hydrogen-bond donors (Lipinski definition) is 0. The van der Waals surface area contributed by atoms with Crippen LogP contribution in [-0.2, 0) is 15.6 Å². The van der Waals surface area contributed by atoms with Gasteiger partial charge in [-0.2, -0.15) is 0 Å². The average molecular weight is 417 g/mol. The minimum Gasteiger partial charge on any atom is -0.416 e. The van der Waals surface area contributed by atoms with Crippen molar-refractivity contribution in [3.8, 4) is 12.0 Å². The standard InChI is InChI=1S/C30H40O/c1-27(2,23-29(5,6)25-15-11-9-12-16-25)19-21-31-22-20-28(3,4)24-30(7,8)26-17-13-10-14-18-26/h9-19,21H,23-24H2,1-8H3/b21-19+. The van der Waals surface area contributed by atoms with Gasteiger partial charge < -0.3 is 4.74 Å².